The van der Waals surface area contributed by atoms with Gasteiger partial charge in [-0.3, -0.25) is 19.1 Å². The molecule has 0 aliphatic heterocycles. The highest BCUT2D eigenvalue weighted by atomic mass is 35.5. The number of H-pyrrole nitrogens is 1. The summed E-state index contributed by atoms with van der Waals surface area (Å²) < 4.78 is 1.08. The molecule has 7 heteroatoms. The van der Waals surface area contributed by atoms with E-state index in [1.54, 1.807) is 6.92 Å². The van der Waals surface area contributed by atoms with E-state index in [0.717, 1.165) is 10.8 Å². The highest BCUT2D eigenvalue weighted by Crippen LogP contribution is 2.08. The first-order valence-corrected chi connectivity index (χ1v) is 4.52. The third-order valence-electron chi connectivity index (χ3n) is 1.87. The summed E-state index contributed by atoms with van der Waals surface area (Å²) in [4.78, 5) is 34.6. The first-order valence-electron chi connectivity index (χ1n) is 4.14. The van der Waals surface area contributed by atoms with Gasteiger partial charge in [0.05, 0.1) is 6.42 Å². The Morgan fingerprint density at radius 3 is 2.80 bits per heavy atom. The second-order valence-corrected chi connectivity index (χ2v) is 3.50. The molecule has 1 aromatic heterocycles. The number of hydrogen-bond donors (Lipinski definition) is 2. The van der Waals surface area contributed by atoms with E-state index in [0.29, 0.717) is 0 Å². The van der Waals surface area contributed by atoms with Crippen LogP contribution in [0.1, 0.15) is 19.4 Å². The maximum absolute atomic E-state index is 11.3. The van der Waals surface area contributed by atoms with Gasteiger partial charge in [-0.2, -0.15) is 0 Å². The lowest BCUT2D eigenvalue weighted by Crippen LogP contribution is -2.32. The normalized spacial score (nSPS) is 12.4. The van der Waals surface area contributed by atoms with E-state index in [4.69, 9.17) is 16.7 Å². The van der Waals surface area contributed by atoms with Crippen LogP contribution in [-0.2, 0) is 4.79 Å². The molecule has 82 valence electrons. The van der Waals surface area contributed by atoms with Gasteiger partial charge in [0.25, 0.3) is 5.56 Å². The van der Waals surface area contributed by atoms with Crippen LogP contribution in [0, 0.1) is 0 Å². The maximum atomic E-state index is 11.3. The minimum atomic E-state index is -1.03. The zero-order valence-electron chi connectivity index (χ0n) is 7.86. The van der Waals surface area contributed by atoms with Gasteiger partial charge in [-0.05, 0) is 6.92 Å². The number of aromatic nitrogens is 2. The smallest absolute Gasteiger partial charge is 0.328 e. The molecule has 0 saturated carbocycles. The van der Waals surface area contributed by atoms with Crippen LogP contribution in [0.4, 0.5) is 0 Å². The summed E-state index contributed by atoms with van der Waals surface area (Å²) in [7, 11) is 0. The number of carbonyl (C=O) groups is 1. The quantitative estimate of drug-likeness (QED) is 0.780. The lowest BCUT2D eigenvalue weighted by atomic mass is 10.2. The van der Waals surface area contributed by atoms with Crippen LogP contribution in [0.5, 0.6) is 0 Å². The monoisotopic (exact) mass is 232 g/mol. The average Bonchev–Trinajstić information content (AvgIpc) is 2.09. The summed E-state index contributed by atoms with van der Waals surface area (Å²) >= 11 is 5.52. The van der Waals surface area contributed by atoms with Crippen molar-refractivity contribution in [1.82, 2.24) is 9.55 Å². The van der Waals surface area contributed by atoms with Crippen molar-refractivity contribution >= 4 is 17.6 Å². The molecule has 0 saturated heterocycles. The van der Waals surface area contributed by atoms with Gasteiger partial charge >= 0.3 is 11.7 Å². The molecule has 0 aliphatic carbocycles. The molecule has 0 spiro atoms. The molecule has 1 aromatic rings. The summed E-state index contributed by atoms with van der Waals surface area (Å²) in [5.74, 6) is -1.03. The third kappa shape index (κ3) is 2.69. The second-order valence-electron chi connectivity index (χ2n) is 3.09. The fourth-order valence-corrected chi connectivity index (χ4v) is 1.29. The molecule has 0 aromatic carbocycles. The van der Waals surface area contributed by atoms with E-state index in [2.05, 4.69) is 0 Å². The zero-order valence-corrected chi connectivity index (χ0v) is 8.61. The van der Waals surface area contributed by atoms with Gasteiger partial charge in [0.2, 0.25) is 0 Å². The van der Waals surface area contributed by atoms with Crippen molar-refractivity contribution in [2.45, 2.75) is 19.4 Å². The molecule has 1 heterocycles. The number of hydrogen-bond acceptors (Lipinski definition) is 3. The van der Waals surface area contributed by atoms with E-state index >= 15 is 0 Å². The highest BCUT2D eigenvalue weighted by molar-refractivity contribution is 6.30. The SMILES string of the molecule is CC(CC(=O)O)n1cc(Cl)c(=O)[nH]c1=O. The Labute approximate surface area is 89.1 Å². The van der Waals surface area contributed by atoms with Crippen molar-refractivity contribution in [3.63, 3.8) is 0 Å². The van der Waals surface area contributed by atoms with Crippen LogP contribution < -0.4 is 11.2 Å². The minimum Gasteiger partial charge on any atom is -0.481 e. The molecule has 0 fully saturated rings. The van der Waals surface area contributed by atoms with Crippen LogP contribution in [0.25, 0.3) is 0 Å². The summed E-state index contributed by atoms with van der Waals surface area (Å²) in [5.41, 5.74) is -1.35. The number of aromatic amines is 1. The molecule has 15 heavy (non-hydrogen) atoms. The molecule has 0 aliphatic rings. The van der Waals surface area contributed by atoms with Gasteiger partial charge in [-0.25, -0.2) is 4.79 Å². The molecule has 6 nitrogen and oxygen atoms in total. The number of nitrogens with zero attached hydrogens (tertiary/aromatic N) is 1. The van der Waals surface area contributed by atoms with Crippen molar-refractivity contribution in [3.8, 4) is 0 Å². The molecule has 0 bridgehead atoms. The van der Waals surface area contributed by atoms with Crippen molar-refractivity contribution in [2.75, 3.05) is 0 Å². The first-order chi connectivity index (χ1) is 6.91. The van der Waals surface area contributed by atoms with Gasteiger partial charge in [0, 0.05) is 12.2 Å². The van der Waals surface area contributed by atoms with Crippen molar-refractivity contribution in [3.05, 3.63) is 32.1 Å². The number of carboxylic acids is 1. The van der Waals surface area contributed by atoms with Crippen LogP contribution in [0.2, 0.25) is 5.02 Å². The minimum absolute atomic E-state index is 0.146. The van der Waals surface area contributed by atoms with Gasteiger partial charge in [0.1, 0.15) is 5.02 Å². The van der Waals surface area contributed by atoms with Crippen molar-refractivity contribution in [2.24, 2.45) is 0 Å². The maximum Gasteiger partial charge on any atom is 0.328 e. The molecular weight excluding hydrogens is 224 g/mol. The van der Waals surface area contributed by atoms with Gasteiger partial charge in [-0.1, -0.05) is 11.6 Å². The molecule has 1 unspecified atom stereocenters. The third-order valence-corrected chi connectivity index (χ3v) is 2.14. The molecule has 2 N–H and O–H groups in total. The highest BCUT2D eigenvalue weighted by Gasteiger charge is 2.12. The molecule has 0 radical (unpaired) electrons. The van der Waals surface area contributed by atoms with E-state index in [9.17, 15) is 14.4 Å². The van der Waals surface area contributed by atoms with Gasteiger partial charge < -0.3 is 5.11 Å². The fraction of sp³-hybridized carbons (Fsp3) is 0.375. The second kappa shape index (κ2) is 4.31. The Kier molecular flexibility index (Phi) is 3.31. The Hall–Kier alpha value is -1.56. The molecule has 0 amide bonds. The number of rotatable bonds is 3. The fourth-order valence-electron chi connectivity index (χ4n) is 1.14. The van der Waals surface area contributed by atoms with Crippen molar-refractivity contribution in [1.29, 1.82) is 0 Å². The predicted octanol–water partition coefficient (Wildman–Crippen LogP) is 0.226. The molecular formula is C8H9ClN2O4. The Bertz CT molecular complexity index is 490. The largest absolute Gasteiger partial charge is 0.481 e. The predicted molar refractivity (Wildman–Crippen MR) is 53.3 cm³/mol. The lowest BCUT2D eigenvalue weighted by Gasteiger charge is -2.11. The van der Waals surface area contributed by atoms with E-state index in [1.807, 2.05) is 4.98 Å². The summed E-state index contributed by atoms with van der Waals surface area (Å²) in [5, 5.41) is 8.39. The van der Waals surface area contributed by atoms with Crippen molar-refractivity contribution < 1.29 is 9.90 Å². The number of carboxylic acid groups (broad SMARTS) is 1. The van der Waals surface area contributed by atoms with E-state index in [1.165, 1.54) is 0 Å². The molecule has 1 atom stereocenters. The Morgan fingerprint density at radius 1 is 1.67 bits per heavy atom. The van der Waals surface area contributed by atoms with E-state index in [-0.39, 0.29) is 11.4 Å². The lowest BCUT2D eigenvalue weighted by molar-refractivity contribution is -0.137. The Morgan fingerprint density at radius 2 is 2.27 bits per heavy atom. The number of aliphatic carboxylic acids is 1. The summed E-state index contributed by atoms with van der Waals surface area (Å²) in [6.07, 6.45) is 0.915. The zero-order chi connectivity index (χ0) is 11.6. The van der Waals surface area contributed by atoms with Gasteiger partial charge in [0.15, 0.2) is 0 Å². The van der Waals surface area contributed by atoms with Crippen LogP contribution in [-0.4, -0.2) is 20.6 Å². The average molecular weight is 233 g/mol. The summed E-state index contributed by atoms with van der Waals surface area (Å²) in [6, 6.07) is -0.565. The molecule has 1 rings (SSSR count). The van der Waals surface area contributed by atoms with E-state index < -0.39 is 23.3 Å². The number of halogens is 1. The van der Waals surface area contributed by atoms with Crippen LogP contribution >= 0.6 is 11.6 Å². The summed E-state index contributed by atoms with van der Waals surface area (Å²) in [6.45, 7) is 1.55. The van der Waals surface area contributed by atoms with Gasteiger partial charge in [-0.15, -0.1) is 0 Å². The number of nitrogens with one attached hydrogen (secondary N) is 1. The topological polar surface area (TPSA) is 92.2 Å². The standard InChI is InChI=1S/C8H9ClN2O4/c1-4(2-6(12)13)11-3-5(9)7(14)10-8(11)15/h3-4H,2H2,1H3,(H,12,13)(H,10,14,15). The van der Waals surface area contributed by atoms with Crippen LogP contribution in [0.15, 0.2) is 15.8 Å². The Balaban J connectivity index is 3.15. The van der Waals surface area contributed by atoms with Crippen LogP contribution in [0.3, 0.4) is 0 Å². The first kappa shape index (κ1) is 11.5.